The van der Waals surface area contributed by atoms with Crippen molar-refractivity contribution in [2.75, 3.05) is 11.1 Å². The fourth-order valence-electron chi connectivity index (χ4n) is 2.75. The van der Waals surface area contributed by atoms with E-state index in [-0.39, 0.29) is 11.7 Å². The molecule has 0 saturated heterocycles. The number of carbonyl (C=O) groups excluding carboxylic acids is 1. The number of fused-ring (bicyclic) bond motifs is 1. The van der Waals surface area contributed by atoms with E-state index in [4.69, 9.17) is 6.42 Å². The maximum absolute atomic E-state index is 12.3. The summed E-state index contributed by atoms with van der Waals surface area (Å²) in [7, 11) is 0. The molecule has 0 unspecified atom stereocenters. The highest BCUT2D eigenvalue weighted by Gasteiger charge is 2.26. The molecule has 0 spiro atoms. The Balaban J connectivity index is 1.72. The minimum absolute atomic E-state index is 0.0925. The molecule has 5 nitrogen and oxygen atoms in total. The quantitative estimate of drug-likeness (QED) is 0.423. The number of nitrogens with one attached hydrogen (secondary N) is 2. The van der Waals surface area contributed by atoms with Gasteiger partial charge in [0.15, 0.2) is 5.16 Å². The van der Waals surface area contributed by atoms with Gasteiger partial charge in [-0.25, -0.2) is 9.97 Å². The topological polar surface area (TPSA) is 66.9 Å². The zero-order chi connectivity index (χ0) is 18.6. The van der Waals surface area contributed by atoms with E-state index in [9.17, 15) is 4.79 Å². The first-order valence-electron chi connectivity index (χ1n) is 9.04. The fourth-order valence-corrected chi connectivity index (χ4v) is 3.40. The number of hydrogen-bond donors (Lipinski definition) is 2. The molecule has 0 atom stereocenters. The Morgan fingerprint density at radius 3 is 2.69 bits per heavy atom. The van der Waals surface area contributed by atoms with Crippen LogP contribution < -0.4 is 10.6 Å². The first kappa shape index (κ1) is 18.5. The Labute approximate surface area is 158 Å². The van der Waals surface area contributed by atoms with Crippen LogP contribution in [-0.2, 0) is 4.79 Å². The maximum atomic E-state index is 12.3. The minimum atomic E-state index is -0.569. The van der Waals surface area contributed by atoms with Crippen molar-refractivity contribution in [3.63, 3.8) is 0 Å². The number of benzene rings is 1. The molecule has 1 aromatic carbocycles. The van der Waals surface area contributed by atoms with Gasteiger partial charge in [0, 0.05) is 11.4 Å². The Hall–Kier alpha value is -2.26. The van der Waals surface area contributed by atoms with Crippen molar-refractivity contribution in [3.8, 4) is 12.3 Å². The number of hydrogen-bond acceptors (Lipinski definition) is 5. The summed E-state index contributed by atoms with van der Waals surface area (Å²) in [6.45, 7) is 3.97. The van der Waals surface area contributed by atoms with E-state index in [1.54, 1.807) is 0 Å². The number of para-hydroxylation sites is 1. The van der Waals surface area contributed by atoms with Crippen LogP contribution in [0.5, 0.6) is 0 Å². The third-order valence-corrected chi connectivity index (χ3v) is 5.54. The van der Waals surface area contributed by atoms with Crippen molar-refractivity contribution in [3.05, 3.63) is 24.3 Å². The predicted molar refractivity (Wildman–Crippen MR) is 107 cm³/mol. The average molecular weight is 369 g/mol. The van der Waals surface area contributed by atoms with Gasteiger partial charge in [0.2, 0.25) is 5.91 Å². The fraction of sp³-hybridized carbons (Fsp3) is 0.450. The van der Waals surface area contributed by atoms with Crippen molar-refractivity contribution in [2.45, 2.75) is 56.3 Å². The molecule has 1 aliphatic rings. The van der Waals surface area contributed by atoms with E-state index in [0.717, 1.165) is 16.7 Å². The number of carbonyl (C=O) groups is 1. The lowest BCUT2D eigenvalue weighted by Gasteiger charge is -2.26. The Bertz CT molecular complexity index is 837. The first-order valence-corrected chi connectivity index (χ1v) is 10.0. The van der Waals surface area contributed by atoms with Crippen LogP contribution in [-0.4, -0.2) is 33.2 Å². The normalized spacial score (nSPS) is 14.0. The van der Waals surface area contributed by atoms with Gasteiger partial charge < -0.3 is 10.6 Å². The molecule has 0 aliphatic heterocycles. The van der Waals surface area contributed by atoms with Crippen molar-refractivity contribution < 1.29 is 4.79 Å². The summed E-state index contributed by atoms with van der Waals surface area (Å²) in [4.78, 5) is 21.6. The first-order chi connectivity index (χ1) is 12.6. The molecule has 1 heterocycles. The Morgan fingerprint density at radius 2 is 2.04 bits per heavy atom. The SMILES string of the molecule is C#CC(CC)(CC)NC(=O)CSc1nc(NC2CC2)c2ccccc2n1. The van der Waals surface area contributed by atoms with E-state index in [2.05, 4.69) is 26.5 Å². The second-order valence-corrected chi connectivity index (χ2v) is 7.50. The molecule has 1 fully saturated rings. The molecule has 2 aromatic rings. The van der Waals surface area contributed by atoms with Crippen molar-refractivity contribution in [1.29, 1.82) is 0 Å². The van der Waals surface area contributed by atoms with Crippen LogP contribution in [0.1, 0.15) is 39.5 Å². The summed E-state index contributed by atoms with van der Waals surface area (Å²) in [6, 6.07) is 8.43. The van der Waals surface area contributed by atoms with Crippen molar-refractivity contribution in [2.24, 2.45) is 0 Å². The maximum Gasteiger partial charge on any atom is 0.231 e. The molecule has 6 heteroatoms. The van der Waals surface area contributed by atoms with Crippen LogP contribution in [0.2, 0.25) is 0 Å². The smallest absolute Gasteiger partial charge is 0.231 e. The predicted octanol–water partition coefficient (Wildman–Crippen LogP) is 3.60. The third-order valence-electron chi connectivity index (χ3n) is 4.70. The number of thioether (sulfide) groups is 1. The van der Waals surface area contributed by atoms with E-state index in [1.807, 2.05) is 38.1 Å². The highest BCUT2D eigenvalue weighted by Crippen LogP contribution is 2.29. The molecule has 136 valence electrons. The van der Waals surface area contributed by atoms with E-state index in [0.29, 0.717) is 24.0 Å². The van der Waals surface area contributed by atoms with Crippen LogP contribution in [0, 0.1) is 12.3 Å². The zero-order valence-electron chi connectivity index (χ0n) is 15.2. The minimum Gasteiger partial charge on any atom is -0.367 e. The highest BCUT2D eigenvalue weighted by molar-refractivity contribution is 7.99. The Kier molecular flexibility index (Phi) is 5.67. The lowest BCUT2D eigenvalue weighted by atomic mass is 9.94. The second kappa shape index (κ2) is 7.96. The van der Waals surface area contributed by atoms with Crippen LogP contribution in [0.3, 0.4) is 0 Å². The van der Waals surface area contributed by atoms with Gasteiger partial charge in [-0.3, -0.25) is 4.79 Å². The van der Waals surface area contributed by atoms with Crippen molar-refractivity contribution >= 4 is 34.4 Å². The molecule has 1 amide bonds. The zero-order valence-corrected chi connectivity index (χ0v) is 16.0. The number of amides is 1. The molecule has 2 N–H and O–H groups in total. The molecular weight excluding hydrogens is 344 g/mol. The molecule has 1 aromatic heterocycles. The lowest BCUT2D eigenvalue weighted by Crippen LogP contribution is -2.47. The van der Waals surface area contributed by atoms with Gasteiger partial charge in [0.05, 0.1) is 11.3 Å². The van der Waals surface area contributed by atoms with E-state index < -0.39 is 5.54 Å². The third kappa shape index (κ3) is 4.28. The molecule has 3 rings (SSSR count). The van der Waals surface area contributed by atoms with Gasteiger partial charge in [0.1, 0.15) is 11.4 Å². The van der Waals surface area contributed by atoms with Gasteiger partial charge >= 0.3 is 0 Å². The number of nitrogens with zero attached hydrogens (tertiary/aromatic N) is 2. The number of aromatic nitrogens is 2. The average Bonchev–Trinajstić information content (AvgIpc) is 3.49. The van der Waals surface area contributed by atoms with Gasteiger partial charge in [-0.2, -0.15) is 0 Å². The number of rotatable bonds is 8. The summed E-state index contributed by atoms with van der Waals surface area (Å²) >= 11 is 1.33. The molecular formula is C20H24N4OS. The summed E-state index contributed by atoms with van der Waals surface area (Å²) in [5, 5.41) is 8.05. The monoisotopic (exact) mass is 368 g/mol. The molecule has 1 aliphatic carbocycles. The summed E-state index contributed by atoms with van der Waals surface area (Å²) in [5.41, 5.74) is 0.314. The van der Waals surface area contributed by atoms with Crippen LogP contribution in [0.4, 0.5) is 5.82 Å². The van der Waals surface area contributed by atoms with Crippen LogP contribution in [0.25, 0.3) is 10.9 Å². The van der Waals surface area contributed by atoms with E-state index >= 15 is 0 Å². The summed E-state index contributed by atoms with van der Waals surface area (Å²) in [5.74, 6) is 3.72. The number of terminal acetylenes is 1. The molecule has 1 saturated carbocycles. The largest absolute Gasteiger partial charge is 0.367 e. The van der Waals surface area contributed by atoms with Crippen molar-refractivity contribution in [1.82, 2.24) is 15.3 Å². The van der Waals surface area contributed by atoms with E-state index in [1.165, 1.54) is 24.6 Å². The standard InChI is InChI=1S/C20H24N4OS/c1-4-20(5-2,6-3)24-17(25)13-26-19-22-16-10-8-7-9-15(16)18(23-19)21-14-11-12-14/h1,7-10,14H,5-6,11-13H2,2-3H3,(H,24,25)(H,21,22,23). The summed E-state index contributed by atoms with van der Waals surface area (Å²) < 4.78 is 0. The van der Waals surface area contributed by atoms with Crippen LogP contribution >= 0.6 is 11.8 Å². The lowest BCUT2D eigenvalue weighted by molar-refractivity contribution is -0.119. The molecule has 26 heavy (non-hydrogen) atoms. The summed E-state index contributed by atoms with van der Waals surface area (Å²) in [6.07, 6.45) is 9.37. The molecule has 0 bridgehead atoms. The van der Waals surface area contributed by atoms with Gasteiger partial charge in [-0.15, -0.1) is 6.42 Å². The second-order valence-electron chi connectivity index (χ2n) is 6.56. The highest BCUT2D eigenvalue weighted by atomic mass is 32.2. The van der Waals surface area contributed by atoms with Crippen LogP contribution in [0.15, 0.2) is 29.4 Å². The van der Waals surface area contributed by atoms with Gasteiger partial charge in [-0.05, 0) is 37.8 Å². The number of anilines is 1. The van der Waals surface area contributed by atoms with Gasteiger partial charge in [-0.1, -0.05) is 43.7 Å². The van der Waals surface area contributed by atoms with Gasteiger partial charge in [0.25, 0.3) is 0 Å². The molecule has 0 radical (unpaired) electrons. The Morgan fingerprint density at radius 1 is 1.31 bits per heavy atom.